The van der Waals surface area contributed by atoms with Crippen molar-refractivity contribution in [1.82, 2.24) is 14.9 Å². The molecule has 92 valence electrons. The second-order valence-electron chi connectivity index (χ2n) is 4.93. The number of hydrogen-bond donors (Lipinski definition) is 0. The highest BCUT2D eigenvalue weighted by molar-refractivity contribution is 9.10. The fourth-order valence-corrected chi connectivity index (χ4v) is 2.62. The van der Waals surface area contributed by atoms with Crippen molar-refractivity contribution in [2.45, 2.75) is 12.8 Å². The van der Waals surface area contributed by atoms with Crippen LogP contribution in [0.15, 0.2) is 17.0 Å². The van der Waals surface area contributed by atoms with Gasteiger partial charge in [-0.2, -0.15) is 0 Å². The smallest absolute Gasteiger partial charge is 0.133 e. The molecule has 2 heterocycles. The normalized spacial score (nSPS) is 21.8. The molecule has 1 aromatic rings. The minimum atomic E-state index is 0.864. The van der Waals surface area contributed by atoms with Crippen LogP contribution in [0.2, 0.25) is 0 Å². The van der Waals surface area contributed by atoms with E-state index in [1.165, 1.54) is 19.4 Å². The average molecular weight is 297 g/mol. The van der Waals surface area contributed by atoms with Gasteiger partial charge in [-0.15, -0.1) is 0 Å². The lowest BCUT2D eigenvalue weighted by atomic mass is 10.3. The molecule has 0 aromatic carbocycles. The Morgan fingerprint density at radius 1 is 1.18 bits per heavy atom. The molecule has 2 fully saturated rings. The van der Waals surface area contributed by atoms with Gasteiger partial charge in [0.05, 0.1) is 0 Å². The lowest BCUT2D eigenvalue weighted by molar-refractivity contribution is 0.247. The minimum Gasteiger partial charge on any atom is -0.354 e. The van der Waals surface area contributed by atoms with Crippen LogP contribution in [0.4, 0.5) is 5.82 Å². The first kappa shape index (κ1) is 11.4. The Morgan fingerprint density at radius 3 is 2.59 bits per heavy atom. The van der Waals surface area contributed by atoms with Crippen LogP contribution in [0, 0.1) is 5.92 Å². The van der Waals surface area contributed by atoms with Crippen molar-refractivity contribution in [3.63, 3.8) is 0 Å². The molecular formula is C12H17BrN4. The Labute approximate surface area is 110 Å². The van der Waals surface area contributed by atoms with Gasteiger partial charge >= 0.3 is 0 Å². The lowest BCUT2D eigenvalue weighted by Crippen LogP contribution is -2.47. The summed E-state index contributed by atoms with van der Waals surface area (Å²) in [5.74, 6) is 2.03. The molecule has 0 spiro atoms. The number of hydrogen-bond acceptors (Lipinski definition) is 4. The van der Waals surface area contributed by atoms with Crippen molar-refractivity contribution in [2.24, 2.45) is 5.92 Å². The first-order chi connectivity index (χ1) is 8.31. The zero-order chi connectivity index (χ0) is 11.7. The van der Waals surface area contributed by atoms with Crippen LogP contribution >= 0.6 is 15.9 Å². The van der Waals surface area contributed by atoms with Gasteiger partial charge < -0.3 is 4.90 Å². The topological polar surface area (TPSA) is 32.3 Å². The van der Waals surface area contributed by atoms with Crippen molar-refractivity contribution < 1.29 is 0 Å². The largest absolute Gasteiger partial charge is 0.354 e. The summed E-state index contributed by atoms with van der Waals surface area (Å²) >= 11 is 3.39. The SMILES string of the molecule is Brc1cc(N2CCN(CC3CC3)CC2)ncn1. The van der Waals surface area contributed by atoms with Crippen LogP contribution in [0.25, 0.3) is 0 Å². The maximum atomic E-state index is 4.33. The molecule has 1 aliphatic heterocycles. The van der Waals surface area contributed by atoms with Gasteiger partial charge in [-0.3, -0.25) is 4.90 Å². The summed E-state index contributed by atoms with van der Waals surface area (Å²) in [6.07, 6.45) is 4.51. The third-order valence-electron chi connectivity index (χ3n) is 3.53. The molecule has 0 radical (unpaired) electrons. The molecule has 1 saturated carbocycles. The van der Waals surface area contributed by atoms with Crippen LogP contribution in [0.5, 0.6) is 0 Å². The van der Waals surface area contributed by atoms with Crippen LogP contribution in [-0.4, -0.2) is 47.6 Å². The van der Waals surface area contributed by atoms with E-state index in [1.807, 2.05) is 6.07 Å². The summed E-state index contributed by atoms with van der Waals surface area (Å²) in [6, 6.07) is 2.00. The van der Waals surface area contributed by atoms with E-state index in [-0.39, 0.29) is 0 Å². The zero-order valence-corrected chi connectivity index (χ0v) is 11.4. The van der Waals surface area contributed by atoms with Crippen molar-refractivity contribution in [1.29, 1.82) is 0 Å². The highest BCUT2D eigenvalue weighted by Gasteiger charge is 2.26. The predicted molar refractivity (Wildman–Crippen MR) is 71.1 cm³/mol. The molecular weight excluding hydrogens is 280 g/mol. The zero-order valence-electron chi connectivity index (χ0n) is 9.85. The van der Waals surface area contributed by atoms with Crippen LogP contribution in [0.3, 0.4) is 0 Å². The Morgan fingerprint density at radius 2 is 1.94 bits per heavy atom. The van der Waals surface area contributed by atoms with Gasteiger partial charge in [0.15, 0.2) is 0 Å². The van der Waals surface area contributed by atoms with E-state index >= 15 is 0 Å². The van der Waals surface area contributed by atoms with Gasteiger partial charge in [-0.25, -0.2) is 9.97 Å². The quantitative estimate of drug-likeness (QED) is 0.796. The average Bonchev–Trinajstić information content (AvgIpc) is 3.14. The van der Waals surface area contributed by atoms with E-state index in [4.69, 9.17) is 0 Å². The van der Waals surface area contributed by atoms with Crippen molar-refractivity contribution in [2.75, 3.05) is 37.6 Å². The van der Waals surface area contributed by atoms with Gasteiger partial charge in [0.2, 0.25) is 0 Å². The highest BCUT2D eigenvalue weighted by Crippen LogP contribution is 2.30. The van der Waals surface area contributed by atoms with E-state index in [0.29, 0.717) is 0 Å². The molecule has 5 heteroatoms. The van der Waals surface area contributed by atoms with Gasteiger partial charge in [0.1, 0.15) is 16.7 Å². The molecule has 0 N–H and O–H groups in total. The first-order valence-electron chi connectivity index (χ1n) is 6.26. The van der Waals surface area contributed by atoms with Gasteiger partial charge in [-0.05, 0) is 34.7 Å². The van der Waals surface area contributed by atoms with Crippen LogP contribution in [0.1, 0.15) is 12.8 Å². The van der Waals surface area contributed by atoms with Crippen LogP contribution < -0.4 is 4.90 Å². The number of anilines is 1. The van der Waals surface area contributed by atoms with Gasteiger partial charge in [0, 0.05) is 38.8 Å². The van der Waals surface area contributed by atoms with Crippen LogP contribution in [-0.2, 0) is 0 Å². The first-order valence-corrected chi connectivity index (χ1v) is 7.05. The summed E-state index contributed by atoms with van der Waals surface area (Å²) in [5, 5.41) is 0. The van der Waals surface area contributed by atoms with Gasteiger partial charge in [0.25, 0.3) is 0 Å². The molecule has 0 amide bonds. The van der Waals surface area contributed by atoms with E-state index < -0.39 is 0 Å². The number of halogens is 1. The minimum absolute atomic E-state index is 0.864. The summed E-state index contributed by atoms with van der Waals surface area (Å²) in [4.78, 5) is 13.3. The molecule has 0 unspecified atom stereocenters. The molecule has 3 rings (SSSR count). The van der Waals surface area contributed by atoms with Crippen molar-refractivity contribution in [3.8, 4) is 0 Å². The predicted octanol–water partition coefficient (Wildman–Crippen LogP) is 1.77. The highest BCUT2D eigenvalue weighted by atomic mass is 79.9. The van der Waals surface area contributed by atoms with E-state index in [1.54, 1.807) is 6.33 Å². The lowest BCUT2D eigenvalue weighted by Gasteiger charge is -2.35. The van der Waals surface area contributed by atoms with E-state index in [2.05, 4.69) is 35.7 Å². The van der Waals surface area contributed by atoms with Gasteiger partial charge in [-0.1, -0.05) is 0 Å². The Kier molecular flexibility index (Phi) is 3.29. The molecule has 2 aliphatic rings. The monoisotopic (exact) mass is 296 g/mol. The maximum absolute atomic E-state index is 4.33. The summed E-state index contributed by atoms with van der Waals surface area (Å²) < 4.78 is 0.864. The molecule has 1 aromatic heterocycles. The molecule has 1 aliphatic carbocycles. The second kappa shape index (κ2) is 4.90. The molecule has 0 atom stereocenters. The maximum Gasteiger partial charge on any atom is 0.133 e. The molecule has 4 nitrogen and oxygen atoms in total. The van der Waals surface area contributed by atoms with E-state index in [9.17, 15) is 0 Å². The standard InChI is InChI=1S/C12H17BrN4/c13-11-7-12(15-9-14-11)17-5-3-16(4-6-17)8-10-1-2-10/h7,9-10H,1-6,8H2. The summed E-state index contributed by atoms with van der Waals surface area (Å²) in [5.41, 5.74) is 0. The fraction of sp³-hybridized carbons (Fsp3) is 0.667. The summed E-state index contributed by atoms with van der Waals surface area (Å²) in [7, 11) is 0. The van der Waals surface area contributed by atoms with E-state index in [0.717, 1.165) is 42.5 Å². The van der Waals surface area contributed by atoms with Crippen molar-refractivity contribution in [3.05, 3.63) is 17.0 Å². The second-order valence-corrected chi connectivity index (χ2v) is 5.74. The third-order valence-corrected chi connectivity index (χ3v) is 3.96. The Bertz CT molecular complexity index is 386. The molecule has 1 saturated heterocycles. The number of aromatic nitrogens is 2. The molecule has 17 heavy (non-hydrogen) atoms. The summed E-state index contributed by atoms with van der Waals surface area (Å²) in [6.45, 7) is 5.80. The number of rotatable bonds is 3. The Hall–Kier alpha value is -0.680. The molecule has 0 bridgehead atoms. The van der Waals surface area contributed by atoms with Crippen molar-refractivity contribution >= 4 is 21.7 Å². The fourth-order valence-electron chi connectivity index (χ4n) is 2.32. The number of nitrogens with zero attached hydrogens (tertiary/aromatic N) is 4. The third kappa shape index (κ3) is 2.96. The number of piperazine rings is 1. The Balaban J connectivity index is 1.56.